The largest absolute Gasteiger partial charge is 0.497 e. The first-order valence-electron chi connectivity index (χ1n) is 10.3. The van der Waals surface area contributed by atoms with Gasteiger partial charge in [-0.25, -0.2) is 4.99 Å². The molecule has 1 amide bonds. The summed E-state index contributed by atoms with van der Waals surface area (Å²) in [5, 5.41) is 3.40. The molecule has 0 saturated carbocycles. The maximum Gasteiger partial charge on any atom is 0.255 e. The van der Waals surface area contributed by atoms with Gasteiger partial charge < -0.3 is 25.4 Å². The highest BCUT2D eigenvalue weighted by Gasteiger charge is 2.26. The number of aliphatic imine (C=N–C) groups is 1. The number of rotatable bonds is 8. The van der Waals surface area contributed by atoms with E-state index in [4.69, 9.17) is 20.2 Å². The lowest BCUT2D eigenvalue weighted by molar-refractivity contribution is -0.119. The van der Waals surface area contributed by atoms with Crippen LogP contribution in [0.2, 0.25) is 0 Å². The van der Waals surface area contributed by atoms with Crippen LogP contribution in [-0.2, 0) is 11.3 Å². The molecule has 0 aromatic heterocycles. The fourth-order valence-electron chi connectivity index (χ4n) is 3.58. The molecule has 31 heavy (non-hydrogen) atoms. The van der Waals surface area contributed by atoms with Crippen molar-refractivity contribution < 1.29 is 14.3 Å². The summed E-state index contributed by atoms with van der Waals surface area (Å²) in [7, 11) is 1.69. The summed E-state index contributed by atoms with van der Waals surface area (Å²) in [4.78, 5) is 18.0. The summed E-state index contributed by atoms with van der Waals surface area (Å²) in [5.74, 6) is 2.40. The first-order valence-corrected chi connectivity index (χ1v) is 10.3. The zero-order chi connectivity index (χ0) is 21.3. The van der Waals surface area contributed by atoms with E-state index in [-0.39, 0.29) is 30.6 Å². The molecule has 0 spiro atoms. The smallest absolute Gasteiger partial charge is 0.255 e. The molecular formula is C23H31IN4O3. The maximum absolute atomic E-state index is 10.9. The van der Waals surface area contributed by atoms with Crippen molar-refractivity contribution in [3.63, 3.8) is 0 Å². The van der Waals surface area contributed by atoms with E-state index in [1.165, 1.54) is 5.56 Å². The normalized spacial score (nSPS) is 15.9. The molecule has 3 rings (SSSR count). The second-order valence-electron chi connectivity index (χ2n) is 7.28. The average Bonchev–Trinajstić information content (AvgIpc) is 3.25. The Labute approximate surface area is 201 Å². The van der Waals surface area contributed by atoms with Crippen LogP contribution >= 0.6 is 24.0 Å². The number of ether oxygens (including phenoxy) is 2. The van der Waals surface area contributed by atoms with Crippen molar-refractivity contribution in [3.8, 4) is 11.5 Å². The highest BCUT2D eigenvalue weighted by atomic mass is 127. The van der Waals surface area contributed by atoms with Crippen molar-refractivity contribution in [2.45, 2.75) is 25.8 Å². The van der Waals surface area contributed by atoms with Crippen LogP contribution in [0.3, 0.4) is 0 Å². The predicted octanol–water partition coefficient (Wildman–Crippen LogP) is 3.13. The van der Waals surface area contributed by atoms with Crippen LogP contribution in [0.15, 0.2) is 53.5 Å². The van der Waals surface area contributed by atoms with Gasteiger partial charge in [0.05, 0.1) is 13.7 Å². The molecule has 1 atom stereocenters. The number of primary amides is 1. The minimum atomic E-state index is -0.492. The van der Waals surface area contributed by atoms with Crippen LogP contribution in [0.5, 0.6) is 11.5 Å². The number of carbonyl (C=O) groups is 1. The van der Waals surface area contributed by atoms with Crippen LogP contribution in [0, 0.1) is 0 Å². The van der Waals surface area contributed by atoms with E-state index in [9.17, 15) is 4.79 Å². The molecule has 3 N–H and O–H groups in total. The van der Waals surface area contributed by atoms with Crippen LogP contribution in [0.25, 0.3) is 0 Å². The minimum Gasteiger partial charge on any atom is -0.497 e. The second-order valence-corrected chi connectivity index (χ2v) is 7.28. The number of nitrogens with two attached hydrogens (primary N) is 1. The van der Waals surface area contributed by atoms with E-state index in [1.807, 2.05) is 30.3 Å². The zero-order valence-corrected chi connectivity index (χ0v) is 20.4. The molecule has 2 aromatic rings. The number of nitrogens with zero attached hydrogens (tertiary/aromatic N) is 2. The van der Waals surface area contributed by atoms with Gasteiger partial charge in [-0.3, -0.25) is 4.79 Å². The molecule has 1 aliphatic heterocycles. The van der Waals surface area contributed by atoms with Gasteiger partial charge >= 0.3 is 0 Å². The number of amides is 1. The Hall–Kier alpha value is -2.49. The van der Waals surface area contributed by atoms with Gasteiger partial charge in [-0.1, -0.05) is 24.3 Å². The molecule has 0 bridgehead atoms. The second kappa shape index (κ2) is 12.4. The van der Waals surface area contributed by atoms with Crippen LogP contribution in [0.1, 0.15) is 30.4 Å². The van der Waals surface area contributed by atoms with Crippen molar-refractivity contribution in [2.75, 3.05) is 33.4 Å². The van der Waals surface area contributed by atoms with Gasteiger partial charge in [0, 0.05) is 25.6 Å². The van der Waals surface area contributed by atoms with Gasteiger partial charge in [-0.15, -0.1) is 24.0 Å². The molecule has 7 nitrogen and oxygen atoms in total. The lowest BCUT2D eigenvalue weighted by Gasteiger charge is -2.22. The number of hydrogen-bond donors (Lipinski definition) is 2. The monoisotopic (exact) mass is 538 g/mol. The number of methoxy groups -OCH3 is 1. The standard InChI is InChI=1S/C23H30N4O3.HI/c1-3-25-23(26-14-17-5-4-6-21(13-17)30-16-22(24)28)27-12-11-19(15-27)18-7-9-20(29-2)10-8-18;/h4-10,13,19H,3,11-12,14-16H2,1-2H3,(H2,24,28)(H,25,26);1H. The molecule has 0 aliphatic carbocycles. The summed E-state index contributed by atoms with van der Waals surface area (Å²) < 4.78 is 10.6. The Morgan fingerprint density at radius 2 is 2.00 bits per heavy atom. The van der Waals surface area contributed by atoms with E-state index in [1.54, 1.807) is 13.2 Å². The summed E-state index contributed by atoms with van der Waals surface area (Å²) in [6.45, 7) is 5.18. The number of hydrogen-bond acceptors (Lipinski definition) is 4. The third kappa shape index (κ3) is 7.30. The van der Waals surface area contributed by atoms with Gasteiger partial charge in [-0.05, 0) is 48.7 Å². The third-order valence-corrected chi connectivity index (χ3v) is 5.10. The molecule has 8 heteroatoms. The van der Waals surface area contributed by atoms with Gasteiger partial charge in [0.1, 0.15) is 11.5 Å². The van der Waals surface area contributed by atoms with Gasteiger partial charge in [-0.2, -0.15) is 0 Å². The van der Waals surface area contributed by atoms with E-state index >= 15 is 0 Å². The van der Waals surface area contributed by atoms with E-state index in [0.29, 0.717) is 18.2 Å². The van der Waals surface area contributed by atoms with Crippen LogP contribution in [-0.4, -0.2) is 50.1 Å². The molecule has 1 heterocycles. The maximum atomic E-state index is 10.9. The highest BCUT2D eigenvalue weighted by molar-refractivity contribution is 14.0. The number of halogens is 1. The third-order valence-electron chi connectivity index (χ3n) is 5.10. The summed E-state index contributed by atoms with van der Waals surface area (Å²) in [6.07, 6.45) is 1.09. The molecule has 1 saturated heterocycles. The molecule has 1 fully saturated rings. The number of benzene rings is 2. The van der Waals surface area contributed by atoms with Gasteiger partial charge in [0.25, 0.3) is 5.91 Å². The molecular weight excluding hydrogens is 507 g/mol. The van der Waals surface area contributed by atoms with Crippen LogP contribution < -0.4 is 20.5 Å². The Balaban J connectivity index is 0.00000341. The van der Waals surface area contributed by atoms with Gasteiger partial charge in [0.15, 0.2) is 12.6 Å². The molecule has 1 aliphatic rings. The number of guanidine groups is 1. The summed E-state index contributed by atoms with van der Waals surface area (Å²) in [5.41, 5.74) is 7.48. The zero-order valence-electron chi connectivity index (χ0n) is 18.0. The molecule has 0 radical (unpaired) electrons. The SMILES string of the molecule is CCNC(=NCc1cccc(OCC(N)=O)c1)N1CCC(c2ccc(OC)cc2)C1.I. The summed E-state index contributed by atoms with van der Waals surface area (Å²) in [6, 6.07) is 15.9. The topological polar surface area (TPSA) is 89.2 Å². The molecule has 2 aromatic carbocycles. The lowest BCUT2D eigenvalue weighted by Crippen LogP contribution is -2.40. The fraction of sp³-hybridized carbons (Fsp3) is 0.391. The first-order chi connectivity index (χ1) is 14.6. The van der Waals surface area contributed by atoms with E-state index in [0.717, 1.165) is 43.3 Å². The fourth-order valence-corrected chi connectivity index (χ4v) is 3.58. The lowest BCUT2D eigenvalue weighted by atomic mass is 9.98. The Bertz CT molecular complexity index is 873. The van der Waals surface area contributed by atoms with Crippen molar-refractivity contribution in [1.29, 1.82) is 0 Å². The Kier molecular flexibility index (Phi) is 9.90. The Morgan fingerprint density at radius 1 is 1.23 bits per heavy atom. The van der Waals surface area contributed by atoms with Crippen molar-refractivity contribution in [3.05, 3.63) is 59.7 Å². The average molecular weight is 538 g/mol. The van der Waals surface area contributed by atoms with Crippen LogP contribution in [0.4, 0.5) is 0 Å². The number of nitrogens with one attached hydrogen (secondary N) is 1. The number of likely N-dealkylation sites (tertiary alicyclic amines) is 1. The van der Waals surface area contributed by atoms with E-state index in [2.05, 4.69) is 29.3 Å². The minimum absolute atomic E-state index is 0. The first kappa shape index (κ1) is 24.8. The van der Waals surface area contributed by atoms with Crippen molar-refractivity contribution in [2.24, 2.45) is 10.7 Å². The van der Waals surface area contributed by atoms with Gasteiger partial charge in [0.2, 0.25) is 0 Å². The van der Waals surface area contributed by atoms with Crippen molar-refractivity contribution in [1.82, 2.24) is 10.2 Å². The molecule has 168 valence electrons. The van der Waals surface area contributed by atoms with E-state index < -0.39 is 5.91 Å². The quantitative estimate of drug-likeness (QED) is 0.307. The highest BCUT2D eigenvalue weighted by Crippen LogP contribution is 2.28. The van der Waals surface area contributed by atoms with Crippen molar-refractivity contribution >= 4 is 35.8 Å². The summed E-state index contributed by atoms with van der Waals surface area (Å²) >= 11 is 0. The predicted molar refractivity (Wildman–Crippen MR) is 133 cm³/mol. The Morgan fingerprint density at radius 3 is 2.68 bits per heavy atom. The molecule has 1 unspecified atom stereocenters. The number of carbonyl (C=O) groups excluding carboxylic acids is 1.